The Labute approximate surface area is 117 Å². The highest BCUT2D eigenvalue weighted by Crippen LogP contribution is 2.31. The van der Waals surface area contributed by atoms with Gasteiger partial charge in [0, 0.05) is 29.3 Å². The van der Waals surface area contributed by atoms with Gasteiger partial charge in [0.25, 0.3) is 0 Å². The molecule has 1 aliphatic rings. The van der Waals surface area contributed by atoms with Crippen LogP contribution in [0.25, 0.3) is 0 Å². The topological polar surface area (TPSA) is 55.0 Å². The van der Waals surface area contributed by atoms with Crippen LogP contribution in [0.5, 0.6) is 0 Å². The second kappa shape index (κ2) is 5.01. The summed E-state index contributed by atoms with van der Waals surface area (Å²) in [5, 5.41) is 0. The molecule has 1 aromatic rings. The lowest BCUT2D eigenvalue weighted by atomic mass is 10.2. The van der Waals surface area contributed by atoms with Crippen LogP contribution in [0.3, 0.4) is 0 Å². The molecule has 0 aliphatic carbocycles. The van der Waals surface area contributed by atoms with Crippen LogP contribution in [0.4, 0.5) is 5.95 Å². The van der Waals surface area contributed by atoms with E-state index in [1.54, 1.807) is 0 Å². The third-order valence-corrected chi connectivity index (χ3v) is 4.31. The van der Waals surface area contributed by atoms with Gasteiger partial charge in [-0.1, -0.05) is 12.2 Å². The van der Waals surface area contributed by atoms with Gasteiger partial charge in [-0.25, -0.2) is 9.97 Å². The molecule has 0 aromatic carbocycles. The quantitative estimate of drug-likeness (QED) is 0.834. The van der Waals surface area contributed by atoms with E-state index in [1.165, 1.54) is 0 Å². The highest BCUT2D eigenvalue weighted by atomic mass is 32.2. The zero-order valence-corrected chi connectivity index (χ0v) is 12.6. The first-order chi connectivity index (χ1) is 8.37. The van der Waals surface area contributed by atoms with Gasteiger partial charge in [0.15, 0.2) is 0 Å². The maximum atomic E-state index is 5.65. The Morgan fingerprint density at radius 3 is 2.83 bits per heavy atom. The number of anilines is 1. The minimum Gasteiger partial charge on any atom is -0.388 e. The molecule has 2 heterocycles. The van der Waals surface area contributed by atoms with Gasteiger partial charge in [-0.2, -0.15) is 11.8 Å². The molecule has 1 aromatic heterocycles. The van der Waals surface area contributed by atoms with Crippen molar-refractivity contribution in [3.63, 3.8) is 0 Å². The van der Waals surface area contributed by atoms with Crippen molar-refractivity contribution >= 4 is 34.9 Å². The molecule has 2 rings (SSSR count). The molecular formula is C12H18N4S2. The SMILES string of the molecule is Cc1cc(C(N)=S)nc(N2CCSC(C)(C)C2)n1. The first kappa shape index (κ1) is 13.5. The Morgan fingerprint density at radius 1 is 1.50 bits per heavy atom. The van der Waals surface area contributed by atoms with Gasteiger partial charge in [0.1, 0.15) is 10.7 Å². The molecule has 0 amide bonds. The summed E-state index contributed by atoms with van der Waals surface area (Å²) in [6, 6.07) is 1.83. The summed E-state index contributed by atoms with van der Waals surface area (Å²) < 4.78 is 0.231. The molecule has 4 nitrogen and oxygen atoms in total. The van der Waals surface area contributed by atoms with Gasteiger partial charge in [0.2, 0.25) is 5.95 Å². The van der Waals surface area contributed by atoms with E-state index >= 15 is 0 Å². The summed E-state index contributed by atoms with van der Waals surface area (Å²) >= 11 is 6.98. The average molecular weight is 282 g/mol. The average Bonchev–Trinajstić information content (AvgIpc) is 2.26. The third-order valence-electron chi connectivity index (χ3n) is 2.80. The summed E-state index contributed by atoms with van der Waals surface area (Å²) in [6.45, 7) is 8.34. The summed E-state index contributed by atoms with van der Waals surface area (Å²) in [5.41, 5.74) is 7.21. The Balaban J connectivity index is 2.30. The molecule has 0 atom stereocenters. The van der Waals surface area contributed by atoms with Crippen molar-refractivity contribution in [1.29, 1.82) is 0 Å². The van der Waals surface area contributed by atoms with E-state index in [2.05, 4.69) is 28.7 Å². The molecule has 0 saturated carbocycles. The maximum Gasteiger partial charge on any atom is 0.226 e. The monoisotopic (exact) mass is 282 g/mol. The van der Waals surface area contributed by atoms with Crippen LogP contribution < -0.4 is 10.6 Å². The van der Waals surface area contributed by atoms with Crippen molar-refractivity contribution in [3.8, 4) is 0 Å². The van der Waals surface area contributed by atoms with Gasteiger partial charge in [-0.05, 0) is 26.8 Å². The summed E-state index contributed by atoms with van der Waals surface area (Å²) in [4.78, 5) is 11.5. The normalized spacial score (nSPS) is 18.7. The molecule has 18 heavy (non-hydrogen) atoms. The lowest BCUT2D eigenvalue weighted by Crippen LogP contribution is -2.44. The Hall–Kier alpha value is -0.880. The highest BCUT2D eigenvalue weighted by molar-refractivity contribution is 8.00. The van der Waals surface area contributed by atoms with Crippen molar-refractivity contribution in [2.75, 3.05) is 23.7 Å². The zero-order valence-electron chi connectivity index (χ0n) is 10.9. The van der Waals surface area contributed by atoms with Crippen molar-refractivity contribution in [2.24, 2.45) is 5.73 Å². The van der Waals surface area contributed by atoms with E-state index in [0.717, 1.165) is 30.5 Å². The van der Waals surface area contributed by atoms with Crippen LogP contribution >= 0.6 is 24.0 Å². The number of aryl methyl sites for hydroxylation is 1. The number of thioether (sulfide) groups is 1. The van der Waals surface area contributed by atoms with Crippen molar-refractivity contribution < 1.29 is 0 Å². The first-order valence-electron chi connectivity index (χ1n) is 5.92. The molecule has 98 valence electrons. The maximum absolute atomic E-state index is 5.65. The van der Waals surface area contributed by atoms with Gasteiger partial charge in [0.05, 0.1) is 0 Å². The van der Waals surface area contributed by atoms with E-state index in [0.29, 0.717) is 10.7 Å². The standard InChI is InChI=1S/C12H18N4S2/c1-8-6-9(10(13)17)15-11(14-8)16-4-5-18-12(2,3)7-16/h6H,4-5,7H2,1-3H3,(H2,13,17). The predicted molar refractivity (Wildman–Crippen MR) is 81.4 cm³/mol. The third kappa shape index (κ3) is 3.11. The highest BCUT2D eigenvalue weighted by Gasteiger charge is 2.28. The van der Waals surface area contributed by atoms with Crippen molar-refractivity contribution in [1.82, 2.24) is 9.97 Å². The molecule has 0 spiro atoms. The molecule has 1 saturated heterocycles. The van der Waals surface area contributed by atoms with Crippen molar-refractivity contribution in [3.05, 3.63) is 17.5 Å². The zero-order chi connectivity index (χ0) is 13.3. The molecule has 2 N–H and O–H groups in total. The summed E-state index contributed by atoms with van der Waals surface area (Å²) in [6.07, 6.45) is 0. The molecule has 0 bridgehead atoms. The number of aromatic nitrogens is 2. The van der Waals surface area contributed by atoms with Gasteiger partial charge in [-0.15, -0.1) is 0 Å². The summed E-state index contributed by atoms with van der Waals surface area (Å²) in [5.74, 6) is 1.83. The van der Waals surface area contributed by atoms with E-state index < -0.39 is 0 Å². The second-order valence-corrected chi connectivity index (χ2v) is 7.33. The number of thiocarbonyl (C=S) groups is 1. The van der Waals surface area contributed by atoms with Crippen LogP contribution in [0.1, 0.15) is 25.2 Å². The fourth-order valence-corrected chi connectivity index (χ4v) is 3.22. The van der Waals surface area contributed by atoms with Gasteiger partial charge < -0.3 is 10.6 Å². The fraction of sp³-hybridized carbons (Fsp3) is 0.583. The number of rotatable bonds is 2. The smallest absolute Gasteiger partial charge is 0.226 e. The van der Waals surface area contributed by atoms with Crippen LogP contribution in [-0.2, 0) is 0 Å². The predicted octanol–water partition coefficient (Wildman–Crippen LogP) is 1.75. The van der Waals surface area contributed by atoms with Crippen LogP contribution in [-0.4, -0.2) is 38.5 Å². The second-order valence-electron chi connectivity index (χ2n) is 5.09. The molecular weight excluding hydrogens is 264 g/mol. The minimum absolute atomic E-state index is 0.231. The number of hydrogen-bond donors (Lipinski definition) is 1. The van der Waals surface area contributed by atoms with Crippen LogP contribution in [0, 0.1) is 6.92 Å². The molecule has 6 heteroatoms. The fourth-order valence-electron chi connectivity index (χ4n) is 2.01. The lowest BCUT2D eigenvalue weighted by molar-refractivity contribution is 0.634. The number of hydrogen-bond acceptors (Lipinski definition) is 5. The Morgan fingerprint density at radius 2 is 2.22 bits per heavy atom. The van der Waals surface area contributed by atoms with Crippen LogP contribution in [0.15, 0.2) is 6.07 Å². The largest absolute Gasteiger partial charge is 0.388 e. The lowest BCUT2D eigenvalue weighted by Gasteiger charge is -2.37. The van der Waals surface area contributed by atoms with E-state index in [9.17, 15) is 0 Å². The number of nitrogens with zero attached hydrogens (tertiary/aromatic N) is 3. The van der Waals surface area contributed by atoms with E-state index in [1.807, 2.05) is 24.8 Å². The van der Waals surface area contributed by atoms with Crippen LogP contribution in [0.2, 0.25) is 0 Å². The first-order valence-corrected chi connectivity index (χ1v) is 7.31. The van der Waals surface area contributed by atoms with Crippen molar-refractivity contribution in [2.45, 2.75) is 25.5 Å². The molecule has 1 aliphatic heterocycles. The van der Waals surface area contributed by atoms with E-state index in [-0.39, 0.29) is 4.75 Å². The number of nitrogens with two attached hydrogens (primary N) is 1. The molecule has 0 radical (unpaired) electrons. The van der Waals surface area contributed by atoms with Gasteiger partial charge in [-0.3, -0.25) is 0 Å². The Bertz CT molecular complexity index is 473. The van der Waals surface area contributed by atoms with Gasteiger partial charge >= 0.3 is 0 Å². The summed E-state index contributed by atoms with van der Waals surface area (Å²) in [7, 11) is 0. The van der Waals surface area contributed by atoms with E-state index in [4.69, 9.17) is 18.0 Å². The Kier molecular flexibility index (Phi) is 3.77. The molecule has 0 unspecified atom stereocenters. The molecule has 1 fully saturated rings. The minimum atomic E-state index is 0.231.